The van der Waals surface area contributed by atoms with Crippen molar-refractivity contribution in [1.29, 1.82) is 0 Å². The van der Waals surface area contributed by atoms with Gasteiger partial charge in [-0.1, -0.05) is 19.3 Å². The van der Waals surface area contributed by atoms with Crippen LogP contribution in [0.3, 0.4) is 0 Å². The van der Waals surface area contributed by atoms with Crippen molar-refractivity contribution in [3.05, 3.63) is 24.3 Å². The number of amides is 1. The van der Waals surface area contributed by atoms with E-state index in [1.807, 2.05) is 0 Å². The van der Waals surface area contributed by atoms with Crippen molar-refractivity contribution in [3.8, 4) is 5.75 Å². The molecule has 28 heavy (non-hydrogen) atoms. The molecule has 1 aromatic rings. The first-order valence-electron chi connectivity index (χ1n) is 9.68. The maximum absolute atomic E-state index is 12.4. The molecule has 0 aliphatic heterocycles. The largest absolute Gasteiger partial charge is 0.494 e. The number of carbonyl (C=O) groups is 2. The molecule has 0 bridgehead atoms. The normalized spacial score (nSPS) is 16.2. The molecule has 0 spiro atoms. The first-order chi connectivity index (χ1) is 13.3. The molecule has 1 saturated carbocycles. The lowest BCUT2D eigenvalue weighted by molar-refractivity contribution is -0.155. The van der Waals surface area contributed by atoms with E-state index in [9.17, 15) is 18.0 Å². The Balaban J connectivity index is 1.80. The van der Waals surface area contributed by atoms with Gasteiger partial charge in [0.15, 0.2) is 9.84 Å². The highest BCUT2D eigenvalue weighted by Gasteiger charge is 2.42. The van der Waals surface area contributed by atoms with Gasteiger partial charge in [0.25, 0.3) is 0 Å². The molecule has 8 heteroatoms. The van der Waals surface area contributed by atoms with E-state index < -0.39 is 15.4 Å². The number of sulfone groups is 1. The molecule has 1 fully saturated rings. The van der Waals surface area contributed by atoms with E-state index >= 15 is 0 Å². The van der Waals surface area contributed by atoms with E-state index in [0.29, 0.717) is 38.2 Å². The van der Waals surface area contributed by atoms with Crippen molar-refractivity contribution in [2.75, 3.05) is 19.5 Å². The van der Waals surface area contributed by atoms with Gasteiger partial charge in [-0.2, -0.15) is 0 Å². The highest BCUT2D eigenvalue weighted by Crippen LogP contribution is 2.29. The van der Waals surface area contributed by atoms with Crippen molar-refractivity contribution in [2.24, 2.45) is 0 Å². The predicted octanol–water partition coefficient (Wildman–Crippen LogP) is 2.63. The number of nitrogens with one attached hydrogen (secondary N) is 1. The second kappa shape index (κ2) is 9.91. The Bertz CT molecular complexity index is 766. The van der Waals surface area contributed by atoms with Crippen LogP contribution in [0.15, 0.2) is 29.2 Å². The Morgan fingerprint density at radius 2 is 1.75 bits per heavy atom. The van der Waals surface area contributed by atoms with Gasteiger partial charge in [0, 0.05) is 12.7 Å². The fourth-order valence-electron chi connectivity index (χ4n) is 3.34. The SMILES string of the molecule is CCOC(=O)C1(NC(=O)CCCOc2ccc(S(C)(=O)=O)cc2)CCCCC1. The average Bonchev–Trinajstić information content (AvgIpc) is 2.66. The van der Waals surface area contributed by atoms with Crippen LogP contribution in [-0.2, 0) is 24.2 Å². The van der Waals surface area contributed by atoms with Crippen LogP contribution in [0.2, 0.25) is 0 Å². The van der Waals surface area contributed by atoms with Gasteiger partial charge in [-0.15, -0.1) is 0 Å². The van der Waals surface area contributed by atoms with Crippen LogP contribution in [0, 0.1) is 0 Å². The summed E-state index contributed by atoms with van der Waals surface area (Å²) in [6.07, 6.45) is 5.94. The fraction of sp³-hybridized carbons (Fsp3) is 0.600. The maximum Gasteiger partial charge on any atom is 0.331 e. The lowest BCUT2D eigenvalue weighted by Gasteiger charge is -2.35. The zero-order chi connectivity index (χ0) is 20.6. The summed E-state index contributed by atoms with van der Waals surface area (Å²) in [4.78, 5) is 24.9. The second-order valence-corrected chi connectivity index (χ2v) is 9.12. The minimum absolute atomic E-state index is 0.189. The summed E-state index contributed by atoms with van der Waals surface area (Å²) in [7, 11) is -3.23. The van der Waals surface area contributed by atoms with Gasteiger partial charge in [-0.3, -0.25) is 4.79 Å². The fourth-order valence-corrected chi connectivity index (χ4v) is 3.97. The highest BCUT2D eigenvalue weighted by molar-refractivity contribution is 7.90. The van der Waals surface area contributed by atoms with Crippen LogP contribution < -0.4 is 10.1 Å². The van der Waals surface area contributed by atoms with Gasteiger partial charge in [-0.05, 0) is 50.5 Å². The minimum atomic E-state index is -3.23. The molecule has 0 radical (unpaired) electrons. The molecular formula is C20H29NO6S. The van der Waals surface area contributed by atoms with E-state index in [1.165, 1.54) is 12.1 Å². The topological polar surface area (TPSA) is 98.8 Å². The van der Waals surface area contributed by atoms with Gasteiger partial charge in [0.05, 0.1) is 18.1 Å². The Morgan fingerprint density at radius 1 is 1.11 bits per heavy atom. The van der Waals surface area contributed by atoms with Gasteiger partial charge in [0.2, 0.25) is 5.91 Å². The summed E-state index contributed by atoms with van der Waals surface area (Å²) in [6, 6.07) is 6.16. The van der Waals surface area contributed by atoms with E-state index in [1.54, 1.807) is 19.1 Å². The molecule has 0 atom stereocenters. The standard InChI is InChI=1S/C20H29NO6S/c1-3-26-19(23)20(13-5-4-6-14-20)21-18(22)8-7-15-27-16-9-11-17(12-10-16)28(2,24)25/h9-12H,3-8,13-15H2,1-2H3,(H,21,22). The summed E-state index contributed by atoms with van der Waals surface area (Å²) in [5.74, 6) is 0.0133. The van der Waals surface area contributed by atoms with Crippen molar-refractivity contribution in [3.63, 3.8) is 0 Å². The molecule has 1 aliphatic carbocycles. The zero-order valence-electron chi connectivity index (χ0n) is 16.5. The number of ether oxygens (including phenoxy) is 2. The zero-order valence-corrected chi connectivity index (χ0v) is 17.3. The number of carbonyl (C=O) groups excluding carboxylic acids is 2. The smallest absolute Gasteiger partial charge is 0.331 e. The molecule has 1 N–H and O–H groups in total. The third kappa shape index (κ3) is 6.22. The number of benzene rings is 1. The van der Waals surface area contributed by atoms with Crippen LogP contribution in [-0.4, -0.2) is 45.3 Å². The van der Waals surface area contributed by atoms with E-state index in [2.05, 4.69) is 5.32 Å². The molecule has 156 valence electrons. The van der Waals surface area contributed by atoms with Crippen molar-refractivity contribution >= 4 is 21.7 Å². The Morgan fingerprint density at radius 3 is 2.32 bits per heavy atom. The van der Waals surface area contributed by atoms with Crippen molar-refractivity contribution in [1.82, 2.24) is 5.32 Å². The van der Waals surface area contributed by atoms with Crippen LogP contribution in [0.4, 0.5) is 0 Å². The van der Waals surface area contributed by atoms with Gasteiger partial charge >= 0.3 is 5.97 Å². The van der Waals surface area contributed by atoms with Crippen LogP contribution in [0.5, 0.6) is 5.75 Å². The average molecular weight is 412 g/mol. The maximum atomic E-state index is 12.4. The first kappa shape index (κ1) is 22.2. The van der Waals surface area contributed by atoms with Crippen molar-refractivity contribution < 1.29 is 27.5 Å². The summed E-state index contributed by atoms with van der Waals surface area (Å²) < 4.78 is 33.6. The quantitative estimate of drug-likeness (QED) is 0.495. The predicted molar refractivity (Wildman–Crippen MR) is 105 cm³/mol. The third-order valence-electron chi connectivity index (χ3n) is 4.82. The molecule has 0 aromatic heterocycles. The summed E-state index contributed by atoms with van der Waals surface area (Å²) >= 11 is 0. The third-order valence-corrected chi connectivity index (χ3v) is 5.95. The summed E-state index contributed by atoms with van der Waals surface area (Å²) in [5, 5.41) is 2.90. The lowest BCUT2D eigenvalue weighted by Crippen LogP contribution is -2.56. The molecule has 7 nitrogen and oxygen atoms in total. The minimum Gasteiger partial charge on any atom is -0.494 e. The Hall–Kier alpha value is -2.09. The summed E-state index contributed by atoms with van der Waals surface area (Å²) in [6.45, 7) is 2.37. The monoisotopic (exact) mass is 411 g/mol. The number of rotatable bonds is 9. The number of hydrogen-bond donors (Lipinski definition) is 1. The molecule has 1 amide bonds. The van der Waals surface area contributed by atoms with Crippen molar-refractivity contribution in [2.45, 2.75) is 62.3 Å². The Kier molecular flexibility index (Phi) is 7.86. The molecule has 2 rings (SSSR count). The van der Waals surface area contributed by atoms with Crippen LogP contribution in [0.25, 0.3) is 0 Å². The molecule has 0 heterocycles. The molecular weight excluding hydrogens is 382 g/mol. The van der Waals surface area contributed by atoms with E-state index in [0.717, 1.165) is 25.5 Å². The van der Waals surface area contributed by atoms with Crippen LogP contribution >= 0.6 is 0 Å². The Labute approximate surface area is 166 Å². The highest BCUT2D eigenvalue weighted by atomic mass is 32.2. The summed E-state index contributed by atoms with van der Waals surface area (Å²) in [5.41, 5.74) is -0.895. The molecule has 1 aliphatic rings. The molecule has 1 aromatic carbocycles. The van der Waals surface area contributed by atoms with Gasteiger partial charge in [0.1, 0.15) is 11.3 Å². The first-order valence-corrected chi connectivity index (χ1v) is 11.6. The van der Waals surface area contributed by atoms with Gasteiger partial charge < -0.3 is 14.8 Å². The second-order valence-electron chi connectivity index (χ2n) is 7.11. The molecule has 0 unspecified atom stereocenters. The molecule has 0 saturated heterocycles. The van der Waals surface area contributed by atoms with Crippen LogP contribution in [0.1, 0.15) is 51.9 Å². The lowest BCUT2D eigenvalue weighted by atomic mass is 9.81. The van der Waals surface area contributed by atoms with E-state index in [4.69, 9.17) is 9.47 Å². The van der Waals surface area contributed by atoms with Gasteiger partial charge in [-0.25, -0.2) is 13.2 Å². The van der Waals surface area contributed by atoms with E-state index in [-0.39, 0.29) is 23.2 Å². The number of esters is 1. The number of hydrogen-bond acceptors (Lipinski definition) is 6.